The minimum Gasteiger partial charge on any atom is -1.00 e. The SMILES string of the molecule is CC(C)(C)[S@@](=O)N[C@H](c1ccccc1)C1CC1.CO.N[C@H](c1ccccc1)C1CC1.[Cl-]. The van der Waals surface area contributed by atoms with Gasteiger partial charge in [0.2, 0.25) is 0 Å². The van der Waals surface area contributed by atoms with Crippen molar-refractivity contribution in [3.8, 4) is 0 Å². The van der Waals surface area contributed by atoms with Crippen molar-refractivity contribution in [3.63, 3.8) is 0 Å². The van der Waals surface area contributed by atoms with E-state index in [1.807, 2.05) is 45.0 Å². The van der Waals surface area contributed by atoms with Gasteiger partial charge in [0.1, 0.15) is 0 Å². The lowest BCUT2D eigenvalue weighted by atomic mass is 10.0. The number of nitrogens with one attached hydrogen (secondary N) is 1. The first-order valence-electron chi connectivity index (χ1n) is 10.8. The molecule has 4 N–H and O–H groups in total. The third-order valence-corrected chi connectivity index (χ3v) is 6.94. The Morgan fingerprint density at radius 1 is 0.871 bits per heavy atom. The summed E-state index contributed by atoms with van der Waals surface area (Å²) in [5.74, 6) is 1.42. The standard InChI is InChI=1S/C14H21NOS.C10H13N.CH4O.ClH/c1-14(2,3)17(16)15-13(12-9-10-12)11-7-5-4-6-8-11;11-10(9-6-7-9)8-4-2-1-3-5-8;1-2;/h4-8,12-13,15H,9-10H2,1-3H3;1-5,9-10H,6-7,11H2;2H,1H3;1H/p-1/t13-,17-;10-;;/m11../s1. The van der Waals surface area contributed by atoms with Gasteiger partial charge in [-0.25, -0.2) is 8.93 Å². The van der Waals surface area contributed by atoms with Crippen molar-refractivity contribution in [2.24, 2.45) is 17.6 Å². The maximum atomic E-state index is 12.2. The highest BCUT2D eigenvalue weighted by Crippen LogP contribution is 2.41. The molecular formula is C25H38ClN2O2S-. The highest BCUT2D eigenvalue weighted by Gasteiger charge is 2.35. The summed E-state index contributed by atoms with van der Waals surface area (Å²) in [5, 5.41) is 7.00. The first-order chi connectivity index (χ1) is 14.4. The van der Waals surface area contributed by atoms with Gasteiger partial charge in [0.15, 0.2) is 0 Å². The van der Waals surface area contributed by atoms with Crippen molar-refractivity contribution in [1.82, 2.24) is 4.72 Å². The zero-order chi connectivity index (χ0) is 22.1. The smallest absolute Gasteiger partial charge is 0.0976 e. The van der Waals surface area contributed by atoms with Crippen LogP contribution >= 0.6 is 0 Å². The summed E-state index contributed by atoms with van der Waals surface area (Å²) in [7, 11) is 0.00153. The fourth-order valence-corrected chi connectivity index (χ4v) is 4.13. The first-order valence-corrected chi connectivity index (χ1v) is 12.0. The van der Waals surface area contributed by atoms with Crippen LogP contribution in [0.15, 0.2) is 60.7 Å². The van der Waals surface area contributed by atoms with E-state index in [0.29, 0.717) is 5.92 Å². The molecule has 4 rings (SSSR count). The Bertz CT molecular complexity index is 760. The minimum absolute atomic E-state index is 0. The lowest BCUT2D eigenvalue weighted by Crippen LogP contribution is -3.00. The predicted molar refractivity (Wildman–Crippen MR) is 127 cm³/mol. The molecule has 2 aromatic carbocycles. The fourth-order valence-electron chi connectivity index (χ4n) is 3.22. The number of aliphatic hydroxyl groups excluding tert-OH is 1. The van der Waals surface area contributed by atoms with Gasteiger partial charge < -0.3 is 23.2 Å². The zero-order valence-corrected chi connectivity index (χ0v) is 20.7. The van der Waals surface area contributed by atoms with Gasteiger partial charge in [-0.3, -0.25) is 0 Å². The van der Waals surface area contributed by atoms with Crippen LogP contribution in [-0.4, -0.2) is 21.2 Å². The molecule has 0 aliphatic heterocycles. The molecule has 0 heterocycles. The summed E-state index contributed by atoms with van der Waals surface area (Å²) in [6, 6.07) is 21.3. The Hall–Kier alpha value is -1.24. The van der Waals surface area contributed by atoms with E-state index in [9.17, 15) is 4.21 Å². The third-order valence-electron chi connectivity index (χ3n) is 5.36. The van der Waals surface area contributed by atoms with Crippen molar-refractivity contribution < 1.29 is 21.7 Å². The molecule has 0 bridgehead atoms. The summed E-state index contributed by atoms with van der Waals surface area (Å²) in [6.45, 7) is 6.02. The average molecular weight is 466 g/mol. The van der Waals surface area contributed by atoms with Crippen LogP contribution in [-0.2, 0) is 11.0 Å². The monoisotopic (exact) mass is 465 g/mol. The summed E-state index contributed by atoms with van der Waals surface area (Å²) in [5.41, 5.74) is 8.54. The number of halogens is 1. The van der Waals surface area contributed by atoms with Gasteiger partial charge in [-0.05, 0) is 69.4 Å². The Labute approximate surface area is 197 Å². The van der Waals surface area contributed by atoms with E-state index in [0.717, 1.165) is 13.0 Å². The molecule has 0 unspecified atom stereocenters. The van der Waals surface area contributed by atoms with Gasteiger partial charge >= 0.3 is 0 Å². The van der Waals surface area contributed by atoms with Crippen LogP contribution in [0, 0.1) is 11.8 Å². The molecule has 0 saturated heterocycles. The quantitative estimate of drug-likeness (QED) is 0.609. The van der Waals surface area contributed by atoms with Crippen LogP contribution < -0.4 is 22.9 Å². The van der Waals surface area contributed by atoms with Crippen molar-refractivity contribution in [2.45, 2.75) is 63.3 Å². The molecule has 2 aromatic rings. The van der Waals surface area contributed by atoms with E-state index < -0.39 is 11.0 Å². The topological polar surface area (TPSA) is 75.3 Å². The molecule has 174 valence electrons. The molecule has 4 nitrogen and oxygen atoms in total. The fraction of sp³-hybridized carbons (Fsp3) is 0.520. The number of aliphatic hydroxyl groups is 1. The van der Waals surface area contributed by atoms with E-state index in [2.05, 4.69) is 41.1 Å². The molecule has 2 aliphatic carbocycles. The van der Waals surface area contributed by atoms with Crippen LogP contribution in [0.25, 0.3) is 0 Å². The molecule has 0 radical (unpaired) electrons. The number of rotatable bonds is 6. The van der Waals surface area contributed by atoms with Crippen LogP contribution in [0.1, 0.15) is 69.7 Å². The summed E-state index contributed by atoms with van der Waals surface area (Å²) < 4.78 is 15.3. The summed E-state index contributed by atoms with van der Waals surface area (Å²) in [6.07, 6.45) is 5.12. The van der Waals surface area contributed by atoms with E-state index in [-0.39, 0.29) is 29.2 Å². The zero-order valence-electron chi connectivity index (χ0n) is 19.1. The summed E-state index contributed by atoms with van der Waals surface area (Å²) in [4.78, 5) is 0. The molecule has 31 heavy (non-hydrogen) atoms. The molecule has 2 aliphatic rings. The van der Waals surface area contributed by atoms with Crippen molar-refractivity contribution in [2.75, 3.05) is 7.11 Å². The summed E-state index contributed by atoms with van der Waals surface area (Å²) >= 11 is 0. The highest BCUT2D eigenvalue weighted by molar-refractivity contribution is 7.84. The van der Waals surface area contributed by atoms with Crippen LogP contribution in [0.4, 0.5) is 0 Å². The molecule has 0 spiro atoms. The van der Waals surface area contributed by atoms with Gasteiger partial charge in [0.05, 0.1) is 15.7 Å². The molecule has 3 atom stereocenters. The van der Waals surface area contributed by atoms with Gasteiger partial charge in [0.25, 0.3) is 0 Å². The average Bonchev–Trinajstić information content (AvgIpc) is 3.67. The number of nitrogens with two attached hydrogens (primary N) is 1. The van der Waals surface area contributed by atoms with E-state index in [4.69, 9.17) is 10.8 Å². The van der Waals surface area contributed by atoms with Crippen molar-refractivity contribution >= 4 is 11.0 Å². The number of benzene rings is 2. The van der Waals surface area contributed by atoms with Crippen LogP contribution in [0.3, 0.4) is 0 Å². The molecule has 0 amide bonds. The van der Waals surface area contributed by atoms with Crippen molar-refractivity contribution in [3.05, 3.63) is 71.8 Å². The molecule has 6 heteroatoms. The lowest BCUT2D eigenvalue weighted by Gasteiger charge is -2.24. The minimum atomic E-state index is -0.998. The van der Waals surface area contributed by atoms with Crippen LogP contribution in [0.2, 0.25) is 0 Å². The van der Waals surface area contributed by atoms with Crippen molar-refractivity contribution in [1.29, 1.82) is 0 Å². The van der Waals surface area contributed by atoms with E-state index in [1.165, 1.54) is 36.8 Å². The largest absolute Gasteiger partial charge is 1.00 e. The lowest BCUT2D eigenvalue weighted by molar-refractivity contribution is -0.00000836. The molecule has 2 fully saturated rings. The predicted octanol–water partition coefficient (Wildman–Crippen LogP) is 1.90. The van der Waals surface area contributed by atoms with Gasteiger partial charge in [-0.1, -0.05) is 60.7 Å². The third kappa shape index (κ3) is 9.42. The highest BCUT2D eigenvalue weighted by atomic mass is 35.5. The maximum absolute atomic E-state index is 12.2. The molecular weight excluding hydrogens is 428 g/mol. The Morgan fingerprint density at radius 3 is 1.68 bits per heavy atom. The Kier molecular flexibility index (Phi) is 12.0. The van der Waals surface area contributed by atoms with Gasteiger partial charge in [-0.15, -0.1) is 0 Å². The second-order valence-corrected chi connectivity index (χ2v) is 11.0. The Morgan fingerprint density at radius 2 is 1.29 bits per heavy atom. The Balaban J connectivity index is 0.000000298. The van der Waals surface area contributed by atoms with E-state index in [1.54, 1.807) is 0 Å². The van der Waals surface area contributed by atoms with Crippen LogP contribution in [0.5, 0.6) is 0 Å². The van der Waals surface area contributed by atoms with Gasteiger partial charge in [0, 0.05) is 19.2 Å². The molecule has 0 aromatic heterocycles. The van der Waals surface area contributed by atoms with E-state index >= 15 is 0 Å². The second kappa shape index (κ2) is 13.3. The van der Waals surface area contributed by atoms with Gasteiger partial charge in [-0.2, -0.15) is 0 Å². The normalized spacial score (nSPS) is 18.1. The maximum Gasteiger partial charge on any atom is 0.0976 e. The number of hydrogen-bond donors (Lipinski definition) is 3. The first kappa shape index (κ1) is 27.8. The second-order valence-electron chi connectivity index (χ2n) is 9.00. The molecule has 2 saturated carbocycles. The number of hydrogen-bond acceptors (Lipinski definition) is 3.